The van der Waals surface area contributed by atoms with E-state index in [-0.39, 0.29) is 6.04 Å². The van der Waals surface area contributed by atoms with E-state index in [0.29, 0.717) is 18.0 Å². The van der Waals surface area contributed by atoms with E-state index < -0.39 is 10.0 Å². The molecule has 0 unspecified atom stereocenters. The zero-order chi connectivity index (χ0) is 11.8. The maximum absolute atomic E-state index is 12.3. The number of sulfonamides is 1. The first kappa shape index (κ1) is 11.6. The second-order valence-electron chi connectivity index (χ2n) is 4.18. The Kier molecular flexibility index (Phi) is 3.01. The van der Waals surface area contributed by atoms with Crippen LogP contribution in [0.5, 0.6) is 0 Å². The van der Waals surface area contributed by atoms with Gasteiger partial charge in [0, 0.05) is 19.1 Å². The molecule has 1 aromatic carbocycles. The summed E-state index contributed by atoms with van der Waals surface area (Å²) in [5, 5.41) is 0. The van der Waals surface area contributed by atoms with Gasteiger partial charge in [0.15, 0.2) is 0 Å². The van der Waals surface area contributed by atoms with E-state index in [1.165, 1.54) is 4.31 Å². The van der Waals surface area contributed by atoms with Gasteiger partial charge in [-0.3, -0.25) is 0 Å². The van der Waals surface area contributed by atoms with E-state index in [9.17, 15) is 8.42 Å². The summed E-state index contributed by atoms with van der Waals surface area (Å²) < 4.78 is 26.0. The Morgan fingerprint density at radius 3 is 2.62 bits per heavy atom. The van der Waals surface area contributed by atoms with Crippen molar-refractivity contribution in [3.05, 3.63) is 29.8 Å². The average molecular weight is 240 g/mol. The largest absolute Gasteiger partial charge is 0.326 e. The molecule has 2 rings (SSSR count). The zero-order valence-corrected chi connectivity index (χ0v) is 10.1. The third-order valence-electron chi connectivity index (χ3n) is 2.90. The first-order chi connectivity index (χ1) is 7.51. The molecule has 1 fully saturated rings. The van der Waals surface area contributed by atoms with Crippen molar-refractivity contribution < 1.29 is 8.42 Å². The fraction of sp³-hybridized carbons (Fsp3) is 0.455. The summed E-state index contributed by atoms with van der Waals surface area (Å²) in [6, 6.07) is 7.01. The molecule has 0 radical (unpaired) electrons. The first-order valence-corrected chi connectivity index (χ1v) is 6.77. The van der Waals surface area contributed by atoms with Gasteiger partial charge in [0.05, 0.1) is 4.90 Å². The topological polar surface area (TPSA) is 63.4 Å². The van der Waals surface area contributed by atoms with Crippen LogP contribution in [0.3, 0.4) is 0 Å². The normalized spacial score (nSPS) is 22.5. The molecule has 88 valence electrons. The summed E-state index contributed by atoms with van der Waals surface area (Å²) in [4.78, 5) is 0.393. The quantitative estimate of drug-likeness (QED) is 0.828. The first-order valence-electron chi connectivity index (χ1n) is 5.33. The molecule has 0 aromatic heterocycles. The van der Waals surface area contributed by atoms with E-state index >= 15 is 0 Å². The van der Waals surface area contributed by atoms with Crippen LogP contribution < -0.4 is 5.73 Å². The van der Waals surface area contributed by atoms with Gasteiger partial charge >= 0.3 is 0 Å². The molecule has 5 heteroatoms. The van der Waals surface area contributed by atoms with E-state index in [1.54, 1.807) is 12.1 Å². The van der Waals surface area contributed by atoms with Crippen LogP contribution in [0.2, 0.25) is 0 Å². The zero-order valence-electron chi connectivity index (χ0n) is 9.26. The Morgan fingerprint density at radius 2 is 2.06 bits per heavy atom. The third kappa shape index (κ3) is 1.98. The van der Waals surface area contributed by atoms with Gasteiger partial charge in [0.1, 0.15) is 0 Å². The lowest BCUT2D eigenvalue weighted by Crippen LogP contribution is -2.32. The maximum atomic E-state index is 12.3. The molecular weight excluding hydrogens is 224 g/mol. The summed E-state index contributed by atoms with van der Waals surface area (Å²) in [7, 11) is -3.35. The van der Waals surface area contributed by atoms with Gasteiger partial charge < -0.3 is 5.73 Å². The fourth-order valence-electron chi connectivity index (χ4n) is 1.96. The molecule has 0 saturated carbocycles. The van der Waals surface area contributed by atoms with Crippen LogP contribution in [0.25, 0.3) is 0 Å². The van der Waals surface area contributed by atoms with Crippen LogP contribution in [0, 0.1) is 6.92 Å². The molecule has 1 atom stereocenters. The molecule has 1 heterocycles. The van der Waals surface area contributed by atoms with Crippen molar-refractivity contribution >= 4 is 10.0 Å². The van der Waals surface area contributed by atoms with Gasteiger partial charge in [-0.05, 0) is 25.0 Å². The van der Waals surface area contributed by atoms with Gasteiger partial charge in [-0.15, -0.1) is 0 Å². The Morgan fingerprint density at radius 1 is 1.38 bits per heavy atom. The van der Waals surface area contributed by atoms with Crippen molar-refractivity contribution in [2.75, 3.05) is 13.1 Å². The summed E-state index contributed by atoms with van der Waals surface area (Å²) >= 11 is 0. The fourth-order valence-corrected chi connectivity index (χ4v) is 3.69. The van der Waals surface area contributed by atoms with Gasteiger partial charge in [0.2, 0.25) is 10.0 Å². The Balaban J connectivity index is 2.36. The molecule has 0 bridgehead atoms. The summed E-state index contributed by atoms with van der Waals surface area (Å²) in [5.41, 5.74) is 6.51. The smallest absolute Gasteiger partial charge is 0.243 e. The number of aryl methyl sites for hydroxylation is 1. The van der Waals surface area contributed by atoms with E-state index in [2.05, 4.69) is 0 Å². The Hall–Kier alpha value is -0.910. The highest BCUT2D eigenvalue weighted by Crippen LogP contribution is 2.22. The SMILES string of the molecule is Cc1ccccc1S(=O)(=O)N1CC[C@H](N)C1. The molecule has 1 aromatic rings. The molecule has 0 spiro atoms. The van der Waals surface area contributed by atoms with Crippen LogP contribution in [0.1, 0.15) is 12.0 Å². The van der Waals surface area contributed by atoms with Crippen LogP contribution in [0.15, 0.2) is 29.2 Å². The number of rotatable bonds is 2. The van der Waals surface area contributed by atoms with Crippen molar-refractivity contribution in [3.63, 3.8) is 0 Å². The second-order valence-corrected chi connectivity index (χ2v) is 6.08. The summed E-state index contributed by atoms with van der Waals surface area (Å²) in [5.74, 6) is 0. The van der Waals surface area contributed by atoms with Gasteiger partial charge in [-0.25, -0.2) is 8.42 Å². The van der Waals surface area contributed by atoms with Crippen molar-refractivity contribution in [1.29, 1.82) is 0 Å². The van der Waals surface area contributed by atoms with Crippen LogP contribution in [-0.4, -0.2) is 31.9 Å². The molecule has 16 heavy (non-hydrogen) atoms. The molecule has 1 aliphatic rings. The van der Waals surface area contributed by atoms with E-state index in [1.807, 2.05) is 19.1 Å². The number of nitrogens with zero attached hydrogens (tertiary/aromatic N) is 1. The lowest BCUT2D eigenvalue weighted by atomic mass is 10.2. The molecule has 1 saturated heterocycles. The van der Waals surface area contributed by atoms with Crippen LogP contribution >= 0.6 is 0 Å². The van der Waals surface area contributed by atoms with Gasteiger partial charge in [0.25, 0.3) is 0 Å². The number of benzene rings is 1. The molecule has 2 N–H and O–H groups in total. The Labute approximate surface area is 96.1 Å². The number of nitrogens with two attached hydrogens (primary N) is 1. The monoisotopic (exact) mass is 240 g/mol. The minimum atomic E-state index is -3.35. The van der Waals surface area contributed by atoms with Crippen molar-refractivity contribution in [3.8, 4) is 0 Å². The maximum Gasteiger partial charge on any atom is 0.243 e. The van der Waals surface area contributed by atoms with Gasteiger partial charge in [-0.1, -0.05) is 18.2 Å². The highest BCUT2D eigenvalue weighted by atomic mass is 32.2. The molecule has 0 amide bonds. The van der Waals surface area contributed by atoms with Crippen molar-refractivity contribution in [1.82, 2.24) is 4.31 Å². The standard InChI is InChI=1S/C11H16N2O2S/c1-9-4-2-3-5-11(9)16(14,15)13-7-6-10(12)8-13/h2-5,10H,6-8,12H2,1H3/t10-/m0/s1. The molecule has 4 nitrogen and oxygen atoms in total. The van der Waals surface area contributed by atoms with E-state index in [0.717, 1.165) is 12.0 Å². The average Bonchev–Trinajstić information content (AvgIpc) is 2.66. The van der Waals surface area contributed by atoms with Crippen molar-refractivity contribution in [2.24, 2.45) is 5.73 Å². The predicted molar refractivity (Wildman–Crippen MR) is 62.5 cm³/mol. The summed E-state index contributed by atoms with van der Waals surface area (Å²) in [6.07, 6.45) is 0.741. The van der Waals surface area contributed by atoms with Crippen molar-refractivity contribution in [2.45, 2.75) is 24.3 Å². The number of hydrogen-bond donors (Lipinski definition) is 1. The predicted octanol–water partition coefficient (Wildman–Crippen LogP) is 0.717. The van der Waals surface area contributed by atoms with Gasteiger partial charge in [-0.2, -0.15) is 4.31 Å². The highest BCUT2D eigenvalue weighted by molar-refractivity contribution is 7.89. The highest BCUT2D eigenvalue weighted by Gasteiger charge is 2.31. The number of hydrogen-bond acceptors (Lipinski definition) is 3. The minimum Gasteiger partial charge on any atom is -0.326 e. The van der Waals surface area contributed by atoms with Crippen LogP contribution in [-0.2, 0) is 10.0 Å². The molecule has 0 aliphatic carbocycles. The second kappa shape index (κ2) is 4.16. The third-order valence-corrected chi connectivity index (χ3v) is 4.92. The summed E-state index contributed by atoms with van der Waals surface area (Å²) in [6.45, 7) is 2.76. The lowest BCUT2D eigenvalue weighted by Gasteiger charge is -2.17. The Bertz CT molecular complexity index is 485. The molecule has 1 aliphatic heterocycles. The van der Waals surface area contributed by atoms with E-state index in [4.69, 9.17) is 5.73 Å². The minimum absolute atomic E-state index is 0.0289. The lowest BCUT2D eigenvalue weighted by molar-refractivity contribution is 0.472. The molecular formula is C11H16N2O2S. The van der Waals surface area contributed by atoms with Crippen LogP contribution in [0.4, 0.5) is 0 Å².